The predicted molar refractivity (Wildman–Crippen MR) is 133 cm³/mol. The molecular weight excluding hydrogens is 531 g/mol. The number of aliphatic hydroxyl groups excluding tert-OH is 1. The molecule has 35 heavy (non-hydrogen) atoms. The fourth-order valence-electron chi connectivity index (χ4n) is 3.57. The van der Waals surface area contributed by atoms with Crippen molar-refractivity contribution in [1.82, 2.24) is 15.2 Å². The van der Waals surface area contributed by atoms with Gasteiger partial charge in [0.25, 0.3) is 5.91 Å². The van der Waals surface area contributed by atoms with Crippen molar-refractivity contribution in [1.29, 1.82) is 0 Å². The Labute approximate surface area is 217 Å². The van der Waals surface area contributed by atoms with Crippen molar-refractivity contribution in [2.75, 3.05) is 4.90 Å². The Balaban J connectivity index is 1.46. The summed E-state index contributed by atoms with van der Waals surface area (Å²) in [6.07, 6.45) is 4.43. The molecule has 8 nitrogen and oxygen atoms in total. The van der Waals surface area contributed by atoms with Gasteiger partial charge in [-0.3, -0.25) is 19.5 Å². The summed E-state index contributed by atoms with van der Waals surface area (Å²) >= 11 is 14.8. The number of carbonyl (C=O) groups is 2. The molecule has 1 atom stereocenters. The number of amides is 1. The zero-order valence-electron chi connectivity index (χ0n) is 17.6. The SMILES string of the molecule is O=C(C1=C(O)C(=O)N(c2nnc(SCc3ccc(Cl)cc3Cl)s2)C1c1ccncc1)c1ccco1. The van der Waals surface area contributed by atoms with Crippen LogP contribution in [0.5, 0.6) is 0 Å². The number of pyridine rings is 1. The van der Waals surface area contributed by atoms with Crippen LogP contribution in [-0.4, -0.2) is 32.0 Å². The molecule has 3 aromatic heterocycles. The molecule has 5 rings (SSSR count). The average Bonchev–Trinajstić information content (AvgIpc) is 3.60. The molecule has 1 aliphatic rings. The number of furan rings is 1. The first-order valence-corrected chi connectivity index (χ1v) is 12.6. The van der Waals surface area contributed by atoms with Gasteiger partial charge >= 0.3 is 0 Å². The van der Waals surface area contributed by atoms with Crippen LogP contribution < -0.4 is 4.90 Å². The number of aliphatic hydroxyl groups is 1. The third-order valence-electron chi connectivity index (χ3n) is 5.19. The maximum Gasteiger partial charge on any atom is 0.296 e. The van der Waals surface area contributed by atoms with Gasteiger partial charge in [0.1, 0.15) is 0 Å². The number of carbonyl (C=O) groups excluding carboxylic acids is 2. The number of thioether (sulfide) groups is 1. The highest BCUT2D eigenvalue weighted by Crippen LogP contribution is 2.44. The zero-order chi connectivity index (χ0) is 24.5. The van der Waals surface area contributed by atoms with Gasteiger partial charge in [0, 0.05) is 28.2 Å². The maximum atomic E-state index is 13.2. The van der Waals surface area contributed by atoms with Crippen LogP contribution in [0.25, 0.3) is 0 Å². The van der Waals surface area contributed by atoms with Crippen molar-refractivity contribution in [2.45, 2.75) is 16.1 Å². The summed E-state index contributed by atoms with van der Waals surface area (Å²) in [4.78, 5) is 31.6. The molecule has 4 aromatic rings. The molecule has 12 heteroatoms. The van der Waals surface area contributed by atoms with Crippen molar-refractivity contribution < 1.29 is 19.1 Å². The van der Waals surface area contributed by atoms with Crippen LogP contribution in [-0.2, 0) is 10.5 Å². The standard InChI is InChI=1S/C23H14Cl2N4O4S2/c24-14-4-3-13(15(25)10-14)11-34-23-28-27-22(35-23)29-18(12-5-7-26-8-6-12)17(20(31)21(29)32)19(30)16-2-1-9-33-16/h1-10,18,31H,11H2. The van der Waals surface area contributed by atoms with Crippen molar-refractivity contribution >= 4 is 63.1 Å². The van der Waals surface area contributed by atoms with E-state index in [-0.39, 0.29) is 16.5 Å². The molecule has 1 amide bonds. The van der Waals surface area contributed by atoms with Crippen LogP contribution in [0.3, 0.4) is 0 Å². The summed E-state index contributed by atoms with van der Waals surface area (Å²) in [5, 5.41) is 20.4. The normalized spacial score (nSPS) is 15.8. The molecular formula is C23H14Cl2N4O4S2. The number of anilines is 1. The second-order valence-corrected chi connectivity index (χ2v) is 10.3. The largest absolute Gasteiger partial charge is 0.503 e. The van der Waals surface area contributed by atoms with E-state index in [1.54, 1.807) is 42.7 Å². The quantitative estimate of drug-likeness (QED) is 0.174. The number of ketones is 1. The lowest BCUT2D eigenvalue weighted by atomic mass is 9.96. The molecule has 176 valence electrons. The van der Waals surface area contributed by atoms with E-state index in [0.717, 1.165) is 16.9 Å². The molecule has 0 saturated carbocycles. The molecule has 0 radical (unpaired) electrons. The minimum atomic E-state index is -0.931. The van der Waals surface area contributed by atoms with E-state index in [4.69, 9.17) is 27.6 Å². The van der Waals surface area contributed by atoms with Crippen LogP contribution in [0.2, 0.25) is 10.0 Å². The Morgan fingerprint density at radius 2 is 1.97 bits per heavy atom. The second-order valence-electron chi connectivity index (χ2n) is 7.30. The van der Waals surface area contributed by atoms with Crippen LogP contribution in [0.15, 0.2) is 81.2 Å². The first kappa shape index (κ1) is 23.6. The average molecular weight is 545 g/mol. The Hall–Kier alpha value is -3.18. The number of halogens is 2. The molecule has 0 saturated heterocycles. The minimum absolute atomic E-state index is 0.00797. The van der Waals surface area contributed by atoms with Gasteiger partial charge in [-0.1, -0.05) is 52.4 Å². The lowest BCUT2D eigenvalue weighted by Crippen LogP contribution is -2.31. The van der Waals surface area contributed by atoms with Gasteiger partial charge in [-0.15, -0.1) is 10.2 Å². The Kier molecular flexibility index (Phi) is 6.61. The number of benzene rings is 1. The highest BCUT2D eigenvalue weighted by molar-refractivity contribution is 8.00. The van der Waals surface area contributed by atoms with E-state index in [0.29, 0.717) is 25.7 Å². The van der Waals surface area contributed by atoms with Crippen molar-refractivity contribution in [3.8, 4) is 0 Å². The molecule has 0 aliphatic carbocycles. The number of hydrogen-bond donors (Lipinski definition) is 1. The van der Waals surface area contributed by atoms with Crippen LogP contribution in [0.1, 0.15) is 27.7 Å². The molecule has 4 heterocycles. The van der Waals surface area contributed by atoms with E-state index >= 15 is 0 Å². The smallest absolute Gasteiger partial charge is 0.296 e. The van der Waals surface area contributed by atoms with Crippen molar-refractivity contribution in [3.05, 3.63) is 99.4 Å². The fraction of sp³-hybridized carbons (Fsp3) is 0.0870. The van der Waals surface area contributed by atoms with E-state index in [1.165, 1.54) is 29.0 Å². The van der Waals surface area contributed by atoms with Crippen molar-refractivity contribution in [3.63, 3.8) is 0 Å². The topological polar surface area (TPSA) is 109 Å². The first-order chi connectivity index (χ1) is 16.9. The molecule has 1 aliphatic heterocycles. The first-order valence-electron chi connectivity index (χ1n) is 10.1. The number of hydrogen-bond acceptors (Lipinski definition) is 9. The van der Waals surface area contributed by atoms with Crippen LogP contribution in [0, 0.1) is 0 Å². The minimum Gasteiger partial charge on any atom is -0.503 e. The predicted octanol–water partition coefficient (Wildman–Crippen LogP) is 5.91. The number of aromatic nitrogens is 3. The summed E-state index contributed by atoms with van der Waals surface area (Å²) < 4.78 is 5.81. The van der Waals surface area contributed by atoms with Gasteiger partial charge in [-0.2, -0.15) is 0 Å². The highest BCUT2D eigenvalue weighted by atomic mass is 35.5. The van der Waals surface area contributed by atoms with E-state index in [2.05, 4.69) is 15.2 Å². The fourth-order valence-corrected chi connectivity index (χ4v) is 6.00. The molecule has 0 fully saturated rings. The lowest BCUT2D eigenvalue weighted by Gasteiger charge is -2.23. The van der Waals surface area contributed by atoms with E-state index < -0.39 is 23.5 Å². The summed E-state index contributed by atoms with van der Waals surface area (Å²) in [5.74, 6) is -1.49. The monoisotopic (exact) mass is 544 g/mol. The lowest BCUT2D eigenvalue weighted by molar-refractivity contribution is -0.117. The summed E-state index contributed by atoms with van der Waals surface area (Å²) in [5.41, 5.74) is 1.34. The van der Waals surface area contributed by atoms with E-state index in [9.17, 15) is 14.7 Å². The third-order valence-corrected chi connectivity index (χ3v) is 7.88. The third kappa shape index (κ3) is 4.57. The number of Topliss-reactive ketones (excluding diaryl/α,β-unsaturated/α-hetero) is 1. The number of nitrogens with zero attached hydrogens (tertiary/aromatic N) is 4. The highest BCUT2D eigenvalue weighted by Gasteiger charge is 2.46. The molecule has 1 N–H and O–H groups in total. The van der Waals surface area contributed by atoms with E-state index in [1.807, 2.05) is 6.07 Å². The molecule has 0 bridgehead atoms. The Bertz CT molecular complexity index is 1440. The molecule has 0 spiro atoms. The van der Waals surface area contributed by atoms with Crippen LogP contribution in [0.4, 0.5) is 5.13 Å². The maximum absolute atomic E-state index is 13.2. The van der Waals surface area contributed by atoms with Crippen molar-refractivity contribution in [2.24, 2.45) is 0 Å². The Morgan fingerprint density at radius 3 is 2.69 bits per heavy atom. The second kappa shape index (κ2) is 9.82. The summed E-state index contributed by atoms with van der Waals surface area (Å²) in [6.45, 7) is 0. The summed E-state index contributed by atoms with van der Waals surface area (Å²) in [7, 11) is 0. The summed E-state index contributed by atoms with van der Waals surface area (Å²) in [6, 6.07) is 10.7. The molecule has 1 unspecified atom stereocenters. The van der Waals surface area contributed by atoms with Gasteiger partial charge < -0.3 is 9.52 Å². The Morgan fingerprint density at radius 1 is 1.17 bits per heavy atom. The van der Waals surface area contributed by atoms with Gasteiger partial charge in [0.15, 0.2) is 15.9 Å². The van der Waals surface area contributed by atoms with Gasteiger partial charge in [0.05, 0.1) is 17.9 Å². The zero-order valence-corrected chi connectivity index (χ0v) is 20.7. The molecule has 1 aromatic carbocycles. The number of rotatable bonds is 7. The van der Waals surface area contributed by atoms with Gasteiger partial charge in [-0.05, 0) is 47.5 Å². The van der Waals surface area contributed by atoms with Gasteiger partial charge in [0.2, 0.25) is 10.9 Å². The van der Waals surface area contributed by atoms with Gasteiger partial charge in [-0.25, -0.2) is 0 Å². The van der Waals surface area contributed by atoms with Crippen LogP contribution >= 0.6 is 46.3 Å².